The van der Waals surface area contributed by atoms with E-state index in [2.05, 4.69) is 27.5 Å². The second-order valence-electron chi connectivity index (χ2n) is 5.27. The topological polar surface area (TPSA) is 70.1 Å². The predicted molar refractivity (Wildman–Crippen MR) is 84.5 cm³/mol. The third kappa shape index (κ3) is 4.06. The van der Waals surface area contributed by atoms with Crippen LogP contribution in [0.1, 0.15) is 38.2 Å². The van der Waals surface area contributed by atoms with Crippen LogP contribution in [0.15, 0.2) is 6.33 Å². The van der Waals surface area contributed by atoms with E-state index in [9.17, 15) is 4.79 Å². The number of carbonyl (C=O) groups excluding carboxylic acids is 1. The molecular weight excluding hydrogens is 266 g/mol. The van der Waals surface area contributed by atoms with Crippen molar-refractivity contribution in [2.75, 3.05) is 37.3 Å². The first-order chi connectivity index (χ1) is 10.3. The quantitative estimate of drug-likeness (QED) is 0.837. The van der Waals surface area contributed by atoms with Crippen molar-refractivity contribution in [3.63, 3.8) is 0 Å². The van der Waals surface area contributed by atoms with Gasteiger partial charge in [-0.25, -0.2) is 9.97 Å². The molecule has 6 heteroatoms. The fourth-order valence-electron chi connectivity index (χ4n) is 2.70. The van der Waals surface area contributed by atoms with Crippen molar-refractivity contribution >= 4 is 17.5 Å². The smallest absolute Gasteiger partial charge is 0.224 e. The van der Waals surface area contributed by atoms with Crippen molar-refractivity contribution in [1.82, 2.24) is 14.9 Å². The molecule has 0 aliphatic carbocycles. The summed E-state index contributed by atoms with van der Waals surface area (Å²) in [4.78, 5) is 22.6. The zero-order valence-corrected chi connectivity index (χ0v) is 13.0. The van der Waals surface area contributed by atoms with Crippen molar-refractivity contribution < 1.29 is 4.79 Å². The summed E-state index contributed by atoms with van der Waals surface area (Å²) in [7, 11) is 1.85. The molecule has 0 atom stereocenters. The Hall–Kier alpha value is -1.85. The van der Waals surface area contributed by atoms with E-state index >= 15 is 0 Å². The zero-order valence-electron chi connectivity index (χ0n) is 13.0. The maximum absolute atomic E-state index is 12.1. The summed E-state index contributed by atoms with van der Waals surface area (Å²) in [6.07, 6.45) is 6.42. The maximum Gasteiger partial charge on any atom is 0.224 e. The van der Waals surface area contributed by atoms with E-state index in [-0.39, 0.29) is 5.91 Å². The van der Waals surface area contributed by atoms with Crippen LogP contribution in [-0.4, -0.2) is 47.5 Å². The molecule has 21 heavy (non-hydrogen) atoms. The first kappa shape index (κ1) is 15.5. The Bertz CT molecular complexity index is 471. The molecule has 6 nitrogen and oxygen atoms in total. The Morgan fingerprint density at radius 3 is 2.62 bits per heavy atom. The number of amides is 1. The minimum atomic E-state index is 0.239. The van der Waals surface area contributed by atoms with Crippen molar-refractivity contribution in [2.24, 2.45) is 0 Å². The van der Waals surface area contributed by atoms with Crippen LogP contribution in [0.4, 0.5) is 11.6 Å². The summed E-state index contributed by atoms with van der Waals surface area (Å²) in [6, 6.07) is 0. The summed E-state index contributed by atoms with van der Waals surface area (Å²) in [5.41, 5.74) is 1.06. The van der Waals surface area contributed by atoms with Crippen LogP contribution in [0.25, 0.3) is 0 Å². The van der Waals surface area contributed by atoms with Crippen molar-refractivity contribution in [1.29, 1.82) is 0 Å². The molecule has 1 aromatic heterocycles. The largest absolute Gasteiger partial charge is 0.373 e. The van der Waals surface area contributed by atoms with E-state index in [0.29, 0.717) is 13.0 Å². The Balaban J connectivity index is 1.87. The third-order valence-corrected chi connectivity index (χ3v) is 3.88. The van der Waals surface area contributed by atoms with Crippen LogP contribution in [0.3, 0.4) is 0 Å². The maximum atomic E-state index is 12.1. The molecule has 1 aliphatic rings. The molecule has 1 saturated heterocycles. The average molecular weight is 291 g/mol. The molecule has 2 N–H and O–H groups in total. The normalized spacial score (nSPS) is 14.9. The SMILES string of the molecule is CCc1c(NC)ncnc1NCCC(=O)N1CCCCC1. The number of nitrogens with zero attached hydrogens (tertiary/aromatic N) is 3. The highest BCUT2D eigenvalue weighted by atomic mass is 16.2. The van der Waals surface area contributed by atoms with Gasteiger partial charge >= 0.3 is 0 Å². The van der Waals surface area contributed by atoms with E-state index in [1.54, 1.807) is 6.33 Å². The minimum absolute atomic E-state index is 0.239. The lowest BCUT2D eigenvalue weighted by atomic mass is 10.1. The molecule has 0 aromatic carbocycles. The van der Waals surface area contributed by atoms with Gasteiger partial charge in [-0.05, 0) is 25.7 Å². The number of piperidine rings is 1. The van der Waals surface area contributed by atoms with Crippen LogP contribution in [-0.2, 0) is 11.2 Å². The first-order valence-electron chi connectivity index (χ1n) is 7.79. The molecule has 0 radical (unpaired) electrons. The Morgan fingerprint density at radius 1 is 1.24 bits per heavy atom. The molecule has 2 rings (SSSR count). The van der Waals surface area contributed by atoms with Gasteiger partial charge in [0, 0.05) is 38.7 Å². The average Bonchev–Trinajstić information content (AvgIpc) is 2.55. The van der Waals surface area contributed by atoms with Gasteiger partial charge in [0.15, 0.2) is 0 Å². The molecule has 2 heterocycles. The Labute approximate surface area is 126 Å². The van der Waals surface area contributed by atoms with Gasteiger partial charge in [-0.15, -0.1) is 0 Å². The number of rotatable bonds is 6. The molecule has 1 amide bonds. The van der Waals surface area contributed by atoms with Crippen molar-refractivity contribution in [3.8, 4) is 0 Å². The van der Waals surface area contributed by atoms with Crippen LogP contribution in [0.2, 0.25) is 0 Å². The molecule has 0 unspecified atom stereocenters. The fraction of sp³-hybridized carbons (Fsp3) is 0.667. The van der Waals surface area contributed by atoms with E-state index < -0.39 is 0 Å². The summed E-state index contributed by atoms with van der Waals surface area (Å²) in [5.74, 6) is 1.91. The van der Waals surface area contributed by atoms with E-state index in [0.717, 1.165) is 49.6 Å². The second-order valence-corrected chi connectivity index (χ2v) is 5.27. The molecule has 0 saturated carbocycles. The number of anilines is 2. The predicted octanol–water partition coefficient (Wildman–Crippen LogP) is 1.90. The molecule has 0 spiro atoms. The van der Waals surface area contributed by atoms with Crippen molar-refractivity contribution in [2.45, 2.75) is 39.0 Å². The molecule has 1 aliphatic heterocycles. The lowest BCUT2D eigenvalue weighted by Gasteiger charge is -2.26. The summed E-state index contributed by atoms with van der Waals surface area (Å²) < 4.78 is 0. The number of carbonyl (C=O) groups is 1. The number of likely N-dealkylation sites (tertiary alicyclic amines) is 1. The highest BCUT2D eigenvalue weighted by molar-refractivity contribution is 5.76. The van der Waals surface area contributed by atoms with E-state index in [4.69, 9.17) is 0 Å². The highest BCUT2D eigenvalue weighted by Crippen LogP contribution is 2.19. The lowest BCUT2D eigenvalue weighted by molar-refractivity contribution is -0.131. The van der Waals surface area contributed by atoms with Gasteiger partial charge in [0.2, 0.25) is 5.91 Å². The van der Waals surface area contributed by atoms with E-state index in [1.807, 2.05) is 11.9 Å². The number of nitrogens with one attached hydrogen (secondary N) is 2. The summed E-state index contributed by atoms with van der Waals surface area (Å²) in [6.45, 7) is 4.51. The molecule has 1 aromatic rings. The van der Waals surface area contributed by atoms with Gasteiger partial charge in [0.25, 0.3) is 0 Å². The molecule has 0 bridgehead atoms. The monoisotopic (exact) mass is 291 g/mol. The first-order valence-corrected chi connectivity index (χ1v) is 7.79. The Morgan fingerprint density at radius 2 is 1.95 bits per heavy atom. The lowest BCUT2D eigenvalue weighted by Crippen LogP contribution is -2.36. The van der Waals surface area contributed by atoms with Gasteiger partial charge < -0.3 is 15.5 Å². The number of aromatic nitrogens is 2. The van der Waals surface area contributed by atoms with Gasteiger partial charge in [-0.2, -0.15) is 0 Å². The van der Waals surface area contributed by atoms with Crippen LogP contribution < -0.4 is 10.6 Å². The standard InChI is InChI=1S/C15H25N5O/c1-3-12-14(16-2)18-11-19-15(12)17-8-7-13(21)20-9-5-4-6-10-20/h11H,3-10H2,1-2H3,(H2,16,17,18,19). The second kappa shape index (κ2) is 7.81. The zero-order chi connectivity index (χ0) is 15.1. The number of hydrogen-bond donors (Lipinski definition) is 2. The summed E-state index contributed by atoms with van der Waals surface area (Å²) >= 11 is 0. The molecular formula is C15H25N5O. The van der Waals surface area contributed by atoms with Gasteiger partial charge in [-0.3, -0.25) is 4.79 Å². The summed E-state index contributed by atoms with van der Waals surface area (Å²) in [5, 5.41) is 6.34. The van der Waals surface area contributed by atoms with Crippen molar-refractivity contribution in [3.05, 3.63) is 11.9 Å². The van der Waals surface area contributed by atoms with E-state index in [1.165, 1.54) is 6.42 Å². The van der Waals surface area contributed by atoms with Crippen LogP contribution >= 0.6 is 0 Å². The van der Waals surface area contributed by atoms with Gasteiger partial charge in [0.05, 0.1) is 0 Å². The minimum Gasteiger partial charge on any atom is -0.373 e. The van der Waals surface area contributed by atoms with Gasteiger partial charge in [0.1, 0.15) is 18.0 Å². The molecule has 116 valence electrons. The number of hydrogen-bond acceptors (Lipinski definition) is 5. The fourth-order valence-corrected chi connectivity index (χ4v) is 2.70. The Kier molecular flexibility index (Phi) is 5.78. The third-order valence-electron chi connectivity index (χ3n) is 3.88. The van der Waals surface area contributed by atoms with Crippen LogP contribution in [0, 0.1) is 0 Å². The molecule has 1 fully saturated rings. The van der Waals surface area contributed by atoms with Gasteiger partial charge in [-0.1, -0.05) is 6.92 Å². The highest BCUT2D eigenvalue weighted by Gasteiger charge is 2.16. The van der Waals surface area contributed by atoms with Crippen LogP contribution in [0.5, 0.6) is 0 Å².